The SMILES string of the molecule is CN(C(=O)c1cc2c(cn1)nc(N)c1cncn12)[C@H]1COc2cc(C(F)(F)F)cnc21. The summed E-state index contributed by atoms with van der Waals surface area (Å²) >= 11 is 0. The fraction of sp³-hybridized carbons (Fsp3) is 0.211. The number of halogens is 3. The molecule has 0 unspecified atom stereocenters. The lowest BCUT2D eigenvalue weighted by Gasteiger charge is -2.22. The van der Waals surface area contributed by atoms with Crippen molar-refractivity contribution in [2.24, 2.45) is 0 Å². The van der Waals surface area contributed by atoms with Crippen LogP contribution in [-0.2, 0) is 6.18 Å². The highest BCUT2D eigenvalue weighted by molar-refractivity contribution is 5.96. The summed E-state index contributed by atoms with van der Waals surface area (Å²) in [5.41, 5.74) is 7.05. The molecular weight excluding hydrogens is 415 g/mol. The van der Waals surface area contributed by atoms with Crippen LogP contribution in [0.4, 0.5) is 19.0 Å². The molecule has 2 N–H and O–H groups in total. The van der Waals surface area contributed by atoms with Crippen LogP contribution in [0.3, 0.4) is 0 Å². The maximum atomic E-state index is 13.1. The number of rotatable bonds is 2. The van der Waals surface area contributed by atoms with Gasteiger partial charge in [0.05, 0.1) is 29.8 Å². The van der Waals surface area contributed by atoms with Gasteiger partial charge in [-0.05, 0) is 12.1 Å². The number of amides is 1. The van der Waals surface area contributed by atoms with Gasteiger partial charge in [0.25, 0.3) is 5.91 Å². The first kappa shape index (κ1) is 19.0. The van der Waals surface area contributed by atoms with Gasteiger partial charge in [-0.2, -0.15) is 13.2 Å². The number of hydrogen-bond acceptors (Lipinski definition) is 7. The predicted molar refractivity (Wildman–Crippen MR) is 102 cm³/mol. The molecule has 0 saturated heterocycles. The molecule has 1 aliphatic rings. The van der Waals surface area contributed by atoms with E-state index >= 15 is 0 Å². The van der Waals surface area contributed by atoms with Crippen LogP contribution in [-0.4, -0.2) is 48.8 Å². The summed E-state index contributed by atoms with van der Waals surface area (Å²) in [5.74, 6) is -0.159. The number of likely N-dealkylation sites (N-methyl/N-ethyl adjacent to an activating group) is 1. The average molecular weight is 429 g/mol. The number of alkyl halides is 3. The van der Waals surface area contributed by atoms with Crippen LogP contribution in [0, 0.1) is 0 Å². The number of nitrogens with two attached hydrogens (primary N) is 1. The van der Waals surface area contributed by atoms with Crippen molar-refractivity contribution in [3.05, 3.63) is 54.0 Å². The van der Waals surface area contributed by atoms with Gasteiger partial charge in [0, 0.05) is 13.2 Å². The summed E-state index contributed by atoms with van der Waals surface area (Å²) in [4.78, 5) is 30.8. The number of anilines is 1. The highest BCUT2D eigenvalue weighted by Gasteiger charge is 2.37. The van der Waals surface area contributed by atoms with Gasteiger partial charge in [-0.3, -0.25) is 14.2 Å². The van der Waals surface area contributed by atoms with E-state index in [1.807, 2.05) is 0 Å². The Bertz CT molecular complexity index is 1350. The van der Waals surface area contributed by atoms with Crippen LogP contribution < -0.4 is 10.5 Å². The molecule has 0 radical (unpaired) electrons. The molecule has 5 rings (SSSR count). The zero-order chi connectivity index (χ0) is 21.9. The zero-order valence-corrected chi connectivity index (χ0v) is 16.0. The molecule has 158 valence electrons. The monoisotopic (exact) mass is 429 g/mol. The normalized spacial score (nSPS) is 15.8. The van der Waals surface area contributed by atoms with E-state index in [0.717, 1.165) is 12.3 Å². The van der Waals surface area contributed by atoms with E-state index in [2.05, 4.69) is 19.9 Å². The minimum absolute atomic E-state index is 0.00532. The van der Waals surface area contributed by atoms with Crippen LogP contribution in [0.15, 0.2) is 37.1 Å². The third-order valence-corrected chi connectivity index (χ3v) is 5.19. The van der Waals surface area contributed by atoms with E-state index in [1.54, 1.807) is 23.0 Å². The van der Waals surface area contributed by atoms with Gasteiger partial charge in [-0.1, -0.05) is 0 Å². The Kier molecular flexibility index (Phi) is 4.00. The summed E-state index contributed by atoms with van der Waals surface area (Å²) < 4.78 is 45.8. The minimum Gasteiger partial charge on any atom is -0.489 e. The van der Waals surface area contributed by atoms with Gasteiger partial charge in [0.1, 0.15) is 46.6 Å². The number of fused-ring (bicyclic) bond motifs is 4. The summed E-state index contributed by atoms with van der Waals surface area (Å²) in [6.45, 7) is -0.0106. The summed E-state index contributed by atoms with van der Waals surface area (Å²) in [6, 6.07) is 1.80. The smallest absolute Gasteiger partial charge is 0.418 e. The second-order valence-corrected chi connectivity index (χ2v) is 7.05. The largest absolute Gasteiger partial charge is 0.489 e. The second kappa shape index (κ2) is 6.52. The lowest BCUT2D eigenvalue weighted by molar-refractivity contribution is -0.137. The summed E-state index contributed by atoms with van der Waals surface area (Å²) in [5, 5.41) is 0. The maximum absolute atomic E-state index is 13.1. The van der Waals surface area contributed by atoms with Gasteiger partial charge in [0.2, 0.25) is 0 Å². The fourth-order valence-electron chi connectivity index (χ4n) is 3.54. The molecular formula is C19H14F3N7O2. The van der Waals surface area contributed by atoms with E-state index in [-0.39, 0.29) is 29.6 Å². The number of nitrogens with zero attached hydrogens (tertiary/aromatic N) is 6. The Hall–Kier alpha value is -3.96. The first-order valence-corrected chi connectivity index (χ1v) is 9.08. The summed E-state index contributed by atoms with van der Waals surface area (Å²) in [7, 11) is 1.52. The zero-order valence-electron chi connectivity index (χ0n) is 16.0. The van der Waals surface area contributed by atoms with Crippen molar-refractivity contribution in [3.63, 3.8) is 0 Å². The Balaban J connectivity index is 1.49. The van der Waals surface area contributed by atoms with Crippen LogP contribution >= 0.6 is 0 Å². The molecule has 31 heavy (non-hydrogen) atoms. The molecule has 4 aromatic rings. The molecule has 0 aromatic carbocycles. The number of nitrogen functional groups attached to an aromatic ring is 1. The second-order valence-electron chi connectivity index (χ2n) is 7.05. The van der Waals surface area contributed by atoms with E-state index in [4.69, 9.17) is 10.5 Å². The van der Waals surface area contributed by atoms with Crippen molar-refractivity contribution >= 4 is 28.3 Å². The standard InChI is InChI=1S/C19H14F3N7O2/c1-28(14-7-31-15-2-9(19(20,21)22)4-26-16(14)15)18(30)10-3-12-11(5-25-10)27-17(23)13-6-24-8-29(12)13/h2-6,8,14H,7H2,1H3,(H2,23,27)/t14-/m0/s1. The van der Waals surface area contributed by atoms with E-state index < -0.39 is 23.7 Å². The number of carbonyl (C=O) groups is 1. The molecule has 0 bridgehead atoms. The Morgan fingerprint density at radius 1 is 1.23 bits per heavy atom. The predicted octanol–water partition coefficient (Wildman–Crippen LogP) is 2.48. The molecule has 1 atom stereocenters. The number of hydrogen-bond donors (Lipinski definition) is 1. The van der Waals surface area contributed by atoms with Crippen molar-refractivity contribution in [2.75, 3.05) is 19.4 Å². The molecule has 9 nitrogen and oxygen atoms in total. The van der Waals surface area contributed by atoms with Crippen molar-refractivity contribution in [1.29, 1.82) is 0 Å². The number of ether oxygens (including phenoxy) is 1. The van der Waals surface area contributed by atoms with Crippen molar-refractivity contribution in [1.82, 2.24) is 29.2 Å². The fourth-order valence-corrected chi connectivity index (χ4v) is 3.54. The molecule has 12 heteroatoms. The van der Waals surface area contributed by atoms with Gasteiger partial charge in [-0.15, -0.1) is 0 Å². The quantitative estimate of drug-likeness (QED) is 0.521. The van der Waals surface area contributed by atoms with Crippen molar-refractivity contribution in [2.45, 2.75) is 12.2 Å². The number of imidazole rings is 1. The summed E-state index contributed by atoms with van der Waals surface area (Å²) in [6.07, 6.45) is 0.745. The lowest BCUT2D eigenvalue weighted by atomic mass is 10.1. The van der Waals surface area contributed by atoms with Gasteiger partial charge in [-0.25, -0.2) is 15.0 Å². The van der Waals surface area contributed by atoms with Crippen LogP contribution in [0.25, 0.3) is 16.6 Å². The third-order valence-electron chi connectivity index (χ3n) is 5.19. The molecule has 0 spiro atoms. The third kappa shape index (κ3) is 2.98. The molecule has 1 aliphatic heterocycles. The molecule has 1 amide bonds. The lowest BCUT2D eigenvalue weighted by Crippen LogP contribution is -2.33. The number of aromatic nitrogens is 5. The van der Waals surface area contributed by atoms with Gasteiger partial charge >= 0.3 is 6.18 Å². The molecule has 0 aliphatic carbocycles. The van der Waals surface area contributed by atoms with Crippen molar-refractivity contribution in [3.8, 4) is 5.75 Å². The Morgan fingerprint density at radius 3 is 2.81 bits per heavy atom. The topological polar surface area (TPSA) is 112 Å². The minimum atomic E-state index is -4.53. The van der Waals surface area contributed by atoms with Crippen molar-refractivity contribution < 1.29 is 22.7 Å². The van der Waals surface area contributed by atoms with E-state index in [0.29, 0.717) is 16.6 Å². The first-order chi connectivity index (χ1) is 14.7. The highest BCUT2D eigenvalue weighted by Crippen LogP contribution is 2.38. The van der Waals surface area contributed by atoms with E-state index in [9.17, 15) is 18.0 Å². The number of pyridine rings is 2. The molecule has 0 saturated carbocycles. The molecule has 5 heterocycles. The highest BCUT2D eigenvalue weighted by atomic mass is 19.4. The average Bonchev–Trinajstić information content (AvgIpc) is 3.39. The van der Waals surface area contributed by atoms with Crippen LogP contribution in [0.5, 0.6) is 5.75 Å². The number of carbonyl (C=O) groups excluding carboxylic acids is 1. The first-order valence-electron chi connectivity index (χ1n) is 9.08. The van der Waals surface area contributed by atoms with Gasteiger partial charge in [0.15, 0.2) is 0 Å². The molecule has 0 fully saturated rings. The van der Waals surface area contributed by atoms with Crippen LogP contribution in [0.1, 0.15) is 27.8 Å². The van der Waals surface area contributed by atoms with E-state index in [1.165, 1.54) is 18.1 Å². The Labute approximate surface area is 172 Å². The maximum Gasteiger partial charge on any atom is 0.418 e. The van der Waals surface area contributed by atoms with Gasteiger partial charge < -0.3 is 15.4 Å². The molecule has 4 aromatic heterocycles. The van der Waals surface area contributed by atoms with Crippen LogP contribution in [0.2, 0.25) is 0 Å². The Morgan fingerprint density at radius 2 is 2.03 bits per heavy atom.